The Hall–Kier alpha value is -0.0800. The largest absolute Gasteiger partial charge is 0.302 e. The summed E-state index contributed by atoms with van der Waals surface area (Å²) >= 11 is 0. The molecular weight excluding hydrogens is 196 g/mol. The number of rotatable bonds is 4. The zero-order chi connectivity index (χ0) is 11.4. The minimum Gasteiger partial charge on any atom is -0.302 e. The Morgan fingerprint density at radius 3 is 2.38 bits per heavy atom. The molecule has 1 unspecified atom stereocenters. The van der Waals surface area contributed by atoms with E-state index in [1.165, 1.54) is 64.8 Å². The van der Waals surface area contributed by atoms with Crippen LogP contribution in [-0.2, 0) is 0 Å². The zero-order valence-corrected chi connectivity index (χ0v) is 11.1. The molecule has 16 heavy (non-hydrogen) atoms. The quantitative estimate of drug-likeness (QED) is 0.724. The van der Waals surface area contributed by atoms with Crippen LogP contribution in [0.5, 0.6) is 0 Å². The topological polar surface area (TPSA) is 6.48 Å². The van der Waals surface area contributed by atoms with Crippen molar-refractivity contribution in [2.24, 2.45) is 5.92 Å². The van der Waals surface area contributed by atoms with Gasteiger partial charge in [0.2, 0.25) is 0 Å². The Balaban J connectivity index is 1.83. The lowest BCUT2D eigenvalue weighted by molar-refractivity contribution is 0.101. The summed E-state index contributed by atoms with van der Waals surface area (Å²) in [7, 11) is 0. The van der Waals surface area contributed by atoms with Crippen molar-refractivity contribution in [3.05, 3.63) is 0 Å². The minimum absolute atomic E-state index is 0.819. The first-order chi connectivity index (χ1) is 7.75. The van der Waals surface area contributed by atoms with Crippen LogP contribution in [0.1, 0.15) is 46.0 Å². The SMILES string of the molecule is CC(C)CN1CCCCC1CN1CCCC1. The maximum Gasteiger partial charge on any atom is 0.0223 e. The molecule has 0 amide bonds. The minimum atomic E-state index is 0.819. The highest BCUT2D eigenvalue weighted by Crippen LogP contribution is 2.20. The summed E-state index contributed by atoms with van der Waals surface area (Å²) in [4.78, 5) is 5.44. The summed E-state index contributed by atoms with van der Waals surface area (Å²) in [5.74, 6) is 0.819. The fourth-order valence-corrected chi connectivity index (χ4v) is 3.24. The molecule has 2 fully saturated rings. The number of likely N-dealkylation sites (tertiary alicyclic amines) is 2. The molecule has 0 N–H and O–H groups in total. The Morgan fingerprint density at radius 1 is 1.00 bits per heavy atom. The highest BCUT2D eigenvalue weighted by Gasteiger charge is 2.25. The second-order valence-electron chi connectivity index (χ2n) is 6.05. The summed E-state index contributed by atoms with van der Waals surface area (Å²) in [5.41, 5.74) is 0. The fraction of sp³-hybridized carbons (Fsp3) is 1.00. The van der Waals surface area contributed by atoms with Gasteiger partial charge in [-0.05, 0) is 51.2 Å². The molecule has 2 aliphatic rings. The zero-order valence-electron chi connectivity index (χ0n) is 11.1. The van der Waals surface area contributed by atoms with Crippen molar-refractivity contribution in [3.63, 3.8) is 0 Å². The Labute approximate surface area is 101 Å². The second-order valence-corrected chi connectivity index (χ2v) is 6.05. The Kier molecular flexibility index (Phi) is 4.66. The van der Waals surface area contributed by atoms with E-state index in [4.69, 9.17) is 0 Å². The molecule has 2 heteroatoms. The van der Waals surface area contributed by atoms with Gasteiger partial charge in [0.05, 0.1) is 0 Å². The number of hydrogen-bond acceptors (Lipinski definition) is 2. The van der Waals surface area contributed by atoms with Crippen molar-refractivity contribution in [1.29, 1.82) is 0 Å². The Morgan fingerprint density at radius 2 is 1.69 bits per heavy atom. The van der Waals surface area contributed by atoms with Gasteiger partial charge in [-0.1, -0.05) is 20.3 Å². The van der Waals surface area contributed by atoms with E-state index in [1.54, 1.807) is 0 Å². The van der Waals surface area contributed by atoms with Crippen LogP contribution >= 0.6 is 0 Å². The van der Waals surface area contributed by atoms with Crippen LogP contribution < -0.4 is 0 Å². The van der Waals surface area contributed by atoms with E-state index in [2.05, 4.69) is 23.6 Å². The molecule has 0 saturated carbocycles. The van der Waals surface area contributed by atoms with Crippen LogP contribution in [0.2, 0.25) is 0 Å². The van der Waals surface area contributed by atoms with E-state index in [9.17, 15) is 0 Å². The van der Waals surface area contributed by atoms with Gasteiger partial charge in [0.15, 0.2) is 0 Å². The van der Waals surface area contributed by atoms with Gasteiger partial charge >= 0.3 is 0 Å². The monoisotopic (exact) mass is 224 g/mol. The van der Waals surface area contributed by atoms with Gasteiger partial charge in [-0.3, -0.25) is 4.90 Å². The van der Waals surface area contributed by atoms with E-state index in [1.807, 2.05) is 0 Å². The van der Waals surface area contributed by atoms with Crippen molar-refractivity contribution in [2.75, 3.05) is 32.7 Å². The first-order valence-electron chi connectivity index (χ1n) is 7.22. The van der Waals surface area contributed by atoms with Gasteiger partial charge in [0.1, 0.15) is 0 Å². The fourth-order valence-electron chi connectivity index (χ4n) is 3.24. The standard InChI is InChI=1S/C14H28N2/c1-13(2)11-16-10-4-3-7-14(16)12-15-8-5-6-9-15/h13-14H,3-12H2,1-2H3. The first-order valence-corrected chi connectivity index (χ1v) is 7.22. The molecule has 0 aromatic rings. The third kappa shape index (κ3) is 3.46. The molecule has 0 bridgehead atoms. The average Bonchev–Trinajstić information content (AvgIpc) is 2.73. The van der Waals surface area contributed by atoms with E-state index in [0.29, 0.717) is 0 Å². The maximum absolute atomic E-state index is 2.76. The lowest BCUT2D eigenvalue weighted by Gasteiger charge is -2.38. The molecule has 0 aliphatic carbocycles. The predicted octanol–water partition coefficient (Wildman–Crippen LogP) is 2.59. The molecule has 0 spiro atoms. The maximum atomic E-state index is 2.76. The van der Waals surface area contributed by atoms with Gasteiger partial charge in [-0.15, -0.1) is 0 Å². The summed E-state index contributed by atoms with van der Waals surface area (Å²) < 4.78 is 0. The summed E-state index contributed by atoms with van der Waals surface area (Å²) in [6.45, 7) is 11.4. The molecule has 1 atom stereocenters. The molecule has 0 radical (unpaired) electrons. The highest BCUT2D eigenvalue weighted by molar-refractivity contribution is 4.82. The molecule has 94 valence electrons. The van der Waals surface area contributed by atoms with Crippen LogP contribution in [0.3, 0.4) is 0 Å². The van der Waals surface area contributed by atoms with Crippen LogP contribution in [0.4, 0.5) is 0 Å². The molecule has 0 aromatic carbocycles. The van der Waals surface area contributed by atoms with Gasteiger partial charge in [0, 0.05) is 19.1 Å². The molecule has 2 saturated heterocycles. The third-order valence-electron chi connectivity index (χ3n) is 4.02. The third-order valence-corrected chi connectivity index (χ3v) is 4.02. The van der Waals surface area contributed by atoms with Gasteiger partial charge in [-0.25, -0.2) is 0 Å². The first kappa shape index (κ1) is 12.4. The lowest BCUT2D eigenvalue weighted by atomic mass is 10.00. The van der Waals surface area contributed by atoms with Gasteiger partial charge < -0.3 is 4.90 Å². The van der Waals surface area contributed by atoms with E-state index in [0.717, 1.165) is 12.0 Å². The Bertz CT molecular complexity index is 197. The number of piperidine rings is 1. The van der Waals surface area contributed by atoms with Crippen molar-refractivity contribution >= 4 is 0 Å². The van der Waals surface area contributed by atoms with Gasteiger partial charge in [-0.2, -0.15) is 0 Å². The average molecular weight is 224 g/mol. The van der Waals surface area contributed by atoms with Crippen molar-refractivity contribution < 1.29 is 0 Å². The van der Waals surface area contributed by atoms with Crippen molar-refractivity contribution in [1.82, 2.24) is 9.80 Å². The molecule has 2 aliphatic heterocycles. The highest BCUT2D eigenvalue weighted by atomic mass is 15.2. The van der Waals surface area contributed by atoms with Crippen LogP contribution in [0.15, 0.2) is 0 Å². The van der Waals surface area contributed by atoms with E-state index >= 15 is 0 Å². The van der Waals surface area contributed by atoms with E-state index < -0.39 is 0 Å². The molecule has 2 heterocycles. The van der Waals surface area contributed by atoms with Crippen molar-refractivity contribution in [2.45, 2.75) is 52.0 Å². The van der Waals surface area contributed by atoms with Crippen LogP contribution in [0.25, 0.3) is 0 Å². The molecular formula is C14H28N2. The number of hydrogen-bond donors (Lipinski definition) is 0. The van der Waals surface area contributed by atoms with Gasteiger partial charge in [0.25, 0.3) is 0 Å². The van der Waals surface area contributed by atoms with Crippen molar-refractivity contribution in [3.8, 4) is 0 Å². The molecule has 2 nitrogen and oxygen atoms in total. The van der Waals surface area contributed by atoms with Crippen LogP contribution in [-0.4, -0.2) is 48.6 Å². The van der Waals surface area contributed by atoms with E-state index in [-0.39, 0.29) is 0 Å². The smallest absolute Gasteiger partial charge is 0.0223 e. The second kappa shape index (κ2) is 6.02. The normalized spacial score (nSPS) is 29.1. The van der Waals surface area contributed by atoms with Crippen LogP contribution in [0, 0.1) is 5.92 Å². The predicted molar refractivity (Wildman–Crippen MR) is 69.7 cm³/mol. The molecule has 2 rings (SSSR count). The molecule has 0 aromatic heterocycles. The lowest BCUT2D eigenvalue weighted by Crippen LogP contribution is -2.47. The summed E-state index contributed by atoms with van der Waals surface area (Å²) in [6.07, 6.45) is 7.16. The number of nitrogens with zero attached hydrogens (tertiary/aromatic N) is 2. The summed E-state index contributed by atoms with van der Waals surface area (Å²) in [6, 6.07) is 0.856. The summed E-state index contributed by atoms with van der Waals surface area (Å²) in [5, 5.41) is 0.